The summed E-state index contributed by atoms with van der Waals surface area (Å²) in [6, 6.07) is 0.130. The quantitative estimate of drug-likeness (QED) is 0.648. The van der Waals surface area contributed by atoms with Crippen molar-refractivity contribution in [3.8, 4) is 0 Å². The number of aromatic nitrogens is 1. The van der Waals surface area contributed by atoms with Gasteiger partial charge in [0.25, 0.3) is 11.9 Å². The lowest BCUT2D eigenvalue weighted by Crippen LogP contribution is -2.36. The predicted molar refractivity (Wildman–Crippen MR) is 72.2 cm³/mol. The lowest BCUT2D eigenvalue weighted by molar-refractivity contribution is -0.121. The molecule has 0 spiro atoms. The highest BCUT2D eigenvalue weighted by atomic mass is 19.2. The second kappa shape index (κ2) is 7.42. The minimum absolute atomic E-state index is 0.0546. The highest BCUT2D eigenvalue weighted by Gasteiger charge is 2.21. The van der Waals surface area contributed by atoms with Crippen LogP contribution in [0.1, 0.15) is 38.5 Å². The minimum atomic E-state index is -1.73. The topological polar surface area (TPSA) is 54.0 Å². The third-order valence-electron chi connectivity index (χ3n) is 3.62. The number of carbonyl (C=O) groups is 1. The summed E-state index contributed by atoms with van der Waals surface area (Å²) in [6.45, 7) is -0.144. The number of rotatable bonds is 5. The normalized spacial score (nSPS) is 15.6. The standard InChI is InChI=1S/C14H17F4N3O/c15-10-12(11(16)14(18)21-13(10)17)19-7-6-9(22)20-8-4-2-1-3-5-8/h8H,1-7H2,(H,19,21)(H,20,22). The Kier molecular flexibility index (Phi) is 5.57. The van der Waals surface area contributed by atoms with Crippen molar-refractivity contribution in [3.63, 3.8) is 0 Å². The van der Waals surface area contributed by atoms with Crippen LogP contribution < -0.4 is 10.6 Å². The average molecular weight is 319 g/mol. The lowest BCUT2D eigenvalue weighted by Gasteiger charge is -2.22. The summed E-state index contributed by atoms with van der Waals surface area (Å²) in [5.41, 5.74) is -0.949. The zero-order valence-electron chi connectivity index (χ0n) is 11.9. The molecule has 0 saturated heterocycles. The van der Waals surface area contributed by atoms with E-state index in [4.69, 9.17) is 0 Å². The van der Waals surface area contributed by atoms with E-state index in [-0.39, 0.29) is 24.9 Å². The molecular weight excluding hydrogens is 302 g/mol. The van der Waals surface area contributed by atoms with Crippen molar-refractivity contribution in [2.75, 3.05) is 11.9 Å². The molecule has 0 unspecified atom stereocenters. The number of carbonyl (C=O) groups excluding carboxylic acids is 1. The Morgan fingerprint density at radius 3 is 2.23 bits per heavy atom. The first kappa shape index (κ1) is 16.5. The third kappa shape index (κ3) is 4.08. The van der Waals surface area contributed by atoms with Crippen LogP contribution in [-0.2, 0) is 4.79 Å². The van der Waals surface area contributed by atoms with E-state index in [9.17, 15) is 22.4 Å². The maximum Gasteiger partial charge on any atom is 0.253 e. The molecule has 0 radical (unpaired) electrons. The van der Waals surface area contributed by atoms with Crippen LogP contribution in [0.5, 0.6) is 0 Å². The average Bonchev–Trinajstić information content (AvgIpc) is 2.50. The number of nitrogens with zero attached hydrogens (tertiary/aromatic N) is 1. The fourth-order valence-corrected chi connectivity index (χ4v) is 2.49. The predicted octanol–water partition coefficient (Wildman–Crippen LogP) is 2.89. The minimum Gasteiger partial charge on any atom is -0.379 e. The Morgan fingerprint density at radius 2 is 1.64 bits per heavy atom. The zero-order chi connectivity index (χ0) is 16.1. The van der Waals surface area contributed by atoms with E-state index in [1.165, 1.54) is 0 Å². The van der Waals surface area contributed by atoms with Gasteiger partial charge in [-0.1, -0.05) is 19.3 Å². The van der Waals surface area contributed by atoms with Crippen LogP contribution in [0.15, 0.2) is 0 Å². The van der Waals surface area contributed by atoms with Gasteiger partial charge in [0.15, 0.2) is 0 Å². The Labute approximate surface area is 125 Å². The number of hydrogen-bond acceptors (Lipinski definition) is 3. The van der Waals surface area contributed by atoms with Gasteiger partial charge in [0.2, 0.25) is 17.5 Å². The van der Waals surface area contributed by atoms with Crippen molar-refractivity contribution < 1.29 is 22.4 Å². The summed E-state index contributed by atoms with van der Waals surface area (Å²) in [5, 5.41) is 5.03. The number of halogens is 4. The first-order valence-corrected chi connectivity index (χ1v) is 7.22. The van der Waals surface area contributed by atoms with E-state index in [0.29, 0.717) is 0 Å². The number of amides is 1. The zero-order valence-corrected chi connectivity index (χ0v) is 11.9. The number of pyridine rings is 1. The highest BCUT2D eigenvalue weighted by Crippen LogP contribution is 2.22. The molecule has 1 saturated carbocycles. The van der Waals surface area contributed by atoms with Crippen LogP contribution in [0.2, 0.25) is 0 Å². The van der Waals surface area contributed by atoms with E-state index in [2.05, 4.69) is 15.6 Å². The SMILES string of the molecule is O=C(CCNc1c(F)c(F)nc(F)c1F)NC1CCCCC1. The number of nitrogens with one attached hydrogen (secondary N) is 2. The molecule has 122 valence electrons. The van der Waals surface area contributed by atoms with Crippen LogP contribution in [0, 0.1) is 23.5 Å². The van der Waals surface area contributed by atoms with Gasteiger partial charge in [0.1, 0.15) is 5.69 Å². The highest BCUT2D eigenvalue weighted by molar-refractivity contribution is 5.76. The first-order valence-electron chi connectivity index (χ1n) is 7.22. The summed E-state index contributed by atoms with van der Waals surface area (Å²) < 4.78 is 52.5. The van der Waals surface area contributed by atoms with E-state index < -0.39 is 29.2 Å². The van der Waals surface area contributed by atoms with Crippen molar-refractivity contribution in [2.24, 2.45) is 0 Å². The molecule has 1 aliphatic carbocycles. The van der Waals surface area contributed by atoms with E-state index in [0.717, 1.165) is 32.1 Å². The van der Waals surface area contributed by atoms with Crippen LogP contribution in [0.4, 0.5) is 23.2 Å². The van der Waals surface area contributed by atoms with Gasteiger partial charge < -0.3 is 10.6 Å². The van der Waals surface area contributed by atoms with Crippen molar-refractivity contribution in [1.29, 1.82) is 0 Å². The molecule has 2 N–H and O–H groups in total. The van der Waals surface area contributed by atoms with Gasteiger partial charge >= 0.3 is 0 Å². The first-order chi connectivity index (χ1) is 10.5. The number of hydrogen-bond donors (Lipinski definition) is 2. The number of anilines is 1. The van der Waals surface area contributed by atoms with Gasteiger partial charge in [-0.2, -0.15) is 22.5 Å². The maximum absolute atomic E-state index is 13.3. The summed E-state index contributed by atoms with van der Waals surface area (Å²) in [5.74, 6) is -6.94. The van der Waals surface area contributed by atoms with Crippen LogP contribution in [-0.4, -0.2) is 23.5 Å². The Bertz CT molecular complexity index is 521. The smallest absolute Gasteiger partial charge is 0.253 e. The van der Waals surface area contributed by atoms with Crippen molar-refractivity contribution in [1.82, 2.24) is 10.3 Å². The molecule has 1 aromatic heterocycles. The van der Waals surface area contributed by atoms with Crippen molar-refractivity contribution in [2.45, 2.75) is 44.6 Å². The monoisotopic (exact) mass is 319 g/mol. The molecule has 4 nitrogen and oxygen atoms in total. The fraction of sp³-hybridized carbons (Fsp3) is 0.571. The molecule has 22 heavy (non-hydrogen) atoms. The second-order valence-electron chi connectivity index (χ2n) is 5.28. The molecule has 1 amide bonds. The van der Waals surface area contributed by atoms with Crippen molar-refractivity contribution in [3.05, 3.63) is 23.5 Å². The van der Waals surface area contributed by atoms with Gasteiger partial charge in [-0.25, -0.2) is 0 Å². The van der Waals surface area contributed by atoms with E-state index >= 15 is 0 Å². The molecular formula is C14H17F4N3O. The molecule has 1 heterocycles. The van der Waals surface area contributed by atoms with Gasteiger partial charge in [-0.05, 0) is 12.8 Å². The second-order valence-corrected chi connectivity index (χ2v) is 5.28. The Balaban J connectivity index is 1.84. The molecule has 0 bridgehead atoms. The molecule has 0 atom stereocenters. The van der Waals surface area contributed by atoms with Crippen LogP contribution in [0.25, 0.3) is 0 Å². The van der Waals surface area contributed by atoms with Crippen LogP contribution in [0.3, 0.4) is 0 Å². The van der Waals surface area contributed by atoms with Gasteiger partial charge in [0.05, 0.1) is 0 Å². The Hall–Kier alpha value is -1.86. The van der Waals surface area contributed by atoms with Gasteiger partial charge in [-0.15, -0.1) is 0 Å². The fourth-order valence-electron chi connectivity index (χ4n) is 2.49. The summed E-state index contributed by atoms with van der Waals surface area (Å²) in [7, 11) is 0. The molecule has 1 aliphatic rings. The van der Waals surface area contributed by atoms with Gasteiger partial charge in [-0.3, -0.25) is 4.79 Å². The van der Waals surface area contributed by atoms with Crippen LogP contribution >= 0.6 is 0 Å². The molecule has 2 rings (SSSR count). The molecule has 8 heteroatoms. The summed E-state index contributed by atoms with van der Waals surface area (Å²) in [4.78, 5) is 14.2. The molecule has 0 aromatic carbocycles. The van der Waals surface area contributed by atoms with E-state index in [1.54, 1.807) is 0 Å². The summed E-state index contributed by atoms with van der Waals surface area (Å²) in [6.07, 6.45) is 5.07. The summed E-state index contributed by atoms with van der Waals surface area (Å²) >= 11 is 0. The van der Waals surface area contributed by atoms with Crippen molar-refractivity contribution >= 4 is 11.6 Å². The molecule has 1 aromatic rings. The van der Waals surface area contributed by atoms with E-state index in [1.807, 2.05) is 0 Å². The van der Waals surface area contributed by atoms with Gasteiger partial charge in [0, 0.05) is 19.0 Å². The lowest BCUT2D eigenvalue weighted by atomic mass is 9.95. The molecule has 1 fully saturated rings. The largest absolute Gasteiger partial charge is 0.379 e. The maximum atomic E-state index is 13.3. The Morgan fingerprint density at radius 1 is 1.05 bits per heavy atom. The third-order valence-corrected chi connectivity index (χ3v) is 3.62. The molecule has 0 aliphatic heterocycles.